The Labute approximate surface area is 170 Å². The number of nitrogens with one attached hydrogen (secondary N) is 3. The molecule has 2 aromatic rings. The number of aromatic nitrogens is 2. The van der Waals surface area contributed by atoms with Gasteiger partial charge in [0, 0.05) is 37.3 Å². The number of nitrogens with zero attached hydrogens (tertiary/aromatic N) is 3. The second kappa shape index (κ2) is 7.95. The van der Waals surface area contributed by atoms with E-state index in [0.29, 0.717) is 0 Å². The lowest BCUT2D eigenvalue weighted by Gasteiger charge is -2.35. The fourth-order valence-electron chi connectivity index (χ4n) is 4.94. The van der Waals surface area contributed by atoms with Gasteiger partial charge >= 0.3 is 0 Å². The van der Waals surface area contributed by atoms with E-state index in [4.69, 9.17) is 10.7 Å². The molecule has 0 spiro atoms. The third kappa shape index (κ3) is 3.73. The van der Waals surface area contributed by atoms with E-state index in [1.807, 2.05) is 24.5 Å². The number of hydrogen-bond acceptors (Lipinski definition) is 7. The Morgan fingerprint density at radius 1 is 1.17 bits per heavy atom. The molecule has 3 saturated heterocycles. The molecule has 8 heteroatoms. The van der Waals surface area contributed by atoms with Crippen LogP contribution < -0.4 is 26.8 Å². The van der Waals surface area contributed by atoms with Crippen LogP contribution in [0, 0.1) is 11.7 Å². The van der Waals surface area contributed by atoms with Crippen molar-refractivity contribution in [3.05, 3.63) is 53.7 Å². The molecule has 4 heterocycles. The Hall–Kier alpha value is -2.13. The van der Waals surface area contributed by atoms with E-state index in [0.717, 1.165) is 56.0 Å². The number of hydrazine groups is 1. The molecule has 0 aliphatic carbocycles. The summed E-state index contributed by atoms with van der Waals surface area (Å²) in [5, 5.41) is 3.59. The average molecular weight is 398 g/mol. The SMILES string of the molecule is N[C@H]1CCCN(c2cncc(C3CC4C(CN3)NNC4c3ccccc3F)n2)C1. The Kier molecular flexibility index (Phi) is 5.17. The molecule has 0 radical (unpaired) electrons. The van der Waals surface area contributed by atoms with Gasteiger partial charge in [-0.2, -0.15) is 0 Å². The zero-order valence-corrected chi connectivity index (χ0v) is 16.4. The summed E-state index contributed by atoms with van der Waals surface area (Å²) in [5.41, 5.74) is 14.4. The zero-order valence-electron chi connectivity index (χ0n) is 16.4. The first-order valence-corrected chi connectivity index (χ1v) is 10.5. The minimum absolute atomic E-state index is 0.0537. The predicted octanol–water partition coefficient (Wildman–Crippen LogP) is 1.41. The van der Waals surface area contributed by atoms with Crippen LogP contribution in [0.3, 0.4) is 0 Å². The van der Waals surface area contributed by atoms with Crippen LogP contribution in [0.1, 0.15) is 42.6 Å². The molecule has 3 aliphatic rings. The number of benzene rings is 1. The molecule has 154 valence electrons. The van der Waals surface area contributed by atoms with Crippen molar-refractivity contribution < 1.29 is 4.39 Å². The van der Waals surface area contributed by atoms with Crippen molar-refractivity contribution in [3.63, 3.8) is 0 Å². The highest BCUT2D eigenvalue weighted by atomic mass is 19.1. The minimum Gasteiger partial charge on any atom is -0.354 e. The first-order chi connectivity index (χ1) is 14.2. The Balaban J connectivity index is 1.35. The first kappa shape index (κ1) is 18.9. The van der Waals surface area contributed by atoms with Gasteiger partial charge in [-0.1, -0.05) is 18.2 Å². The monoisotopic (exact) mass is 397 g/mol. The molecular formula is C21H28FN7. The third-order valence-corrected chi connectivity index (χ3v) is 6.48. The van der Waals surface area contributed by atoms with Crippen molar-refractivity contribution in [3.8, 4) is 0 Å². The van der Waals surface area contributed by atoms with Crippen LogP contribution in [0.15, 0.2) is 36.7 Å². The van der Waals surface area contributed by atoms with E-state index in [2.05, 4.69) is 26.1 Å². The van der Waals surface area contributed by atoms with Crippen LogP contribution in [0.2, 0.25) is 0 Å². The van der Waals surface area contributed by atoms with Crippen molar-refractivity contribution in [2.75, 3.05) is 24.5 Å². The summed E-state index contributed by atoms with van der Waals surface area (Å²) >= 11 is 0. The molecule has 1 aromatic heterocycles. The quantitative estimate of drug-likeness (QED) is 0.623. The second-order valence-electron chi connectivity index (χ2n) is 8.41. The van der Waals surface area contributed by atoms with Crippen LogP contribution in [-0.2, 0) is 0 Å². The highest BCUT2D eigenvalue weighted by Gasteiger charge is 2.42. The third-order valence-electron chi connectivity index (χ3n) is 6.48. The molecule has 3 fully saturated rings. The molecule has 0 amide bonds. The summed E-state index contributed by atoms with van der Waals surface area (Å²) in [6, 6.07) is 7.52. The average Bonchev–Trinajstić information content (AvgIpc) is 3.17. The lowest BCUT2D eigenvalue weighted by atomic mass is 9.81. The maximum atomic E-state index is 14.4. The number of rotatable bonds is 3. The van der Waals surface area contributed by atoms with E-state index < -0.39 is 0 Å². The van der Waals surface area contributed by atoms with Crippen molar-refractivity contribution in [2.45, 2.75) is 43.4 Å². The van der Waals surface area contributed by atoms with Crippen LogP contribution in [0.25, 0.3) is 0 Å². The molecule has 4 unspecified atom stereocenters. The summed E-state index contributed by atoms with van der Waals surface area (Å²) in [4.78, 5) is 11.6. The number of piperidine rings is 2. The van der Waals surface area contributed by atoms with E-state index in [1.165, 1.54) is 6.07 Å². The molecule has 5 N–H and O–H groups in total. The number of nitrogens with two attached hydrogens (primary N) is 1. The van der Waals surface area contributed by atoms with Gasteiger partial charge in [0.1, 0.15) is 11.6 Å². The molecule has 0 saturated carbocycles. The zero-order chi connectivity index (χ0) is 19.8. The van der Waals surface area contributed by atoms with Gasteiger partial charge in [0.2, 0.25) is 0 Å². The van der Waals surface area contributed by atoms with Crippen LogP contribution in [0.5, 0.6) is 0 Å². The van der Waals surface area contributed by atoms with Gasteiger partial charge in [0.25, 0.3) is 0 Å². The summed E-state index contributed by atoms with van der Waals surface area (Å²) in [6.07, 6.45) is 6.68. The maximum Gasteiger partial charge on any atom is 0.147 e. The summed E-state index contributed by atoms with van der Waals surface area (Å²) < 4.78 is 14.4. The molecule has 1 aromatic carbocycles. The van der Waals surface area contributed by atoms with E-state index >= 15 is 0 Å². The lowest BCUT2D eigenvalue weighted by molar-refractivity contribution is 0.261. The Bertz CT molecular complexity index is 862. The second-order valence-corrected chi connectivity index (χ2v) is 8.41. The molecule has 0 bridgehead atoms. The van der Waals surface area contributed by atoms with Crippen molar-refractivity contribution in [1.29, 1.82) is 0 Å². The van der Waals surface area contributed by atoms with Gasteiger partial charge in [-0.25, -0.2) is 14.8 Å². The highest BCUT2D eigenvalue weighted by Crippen LogP contribution is 2.38. The minimum atomic E-state index is -0.161. The van der Waals surface area contributed by atoms with E-state index in [-0.39, 0.29) is 35.9 Å². The number of hydrogen-bond donors (Lipinski definition) is 4. The van der Waals surface area contributed by atoms with Crippen molar-refractivity contribution >= 4 is 5.82 Å². The largest absolute Gasteiger partial charge is 0.354 e. The van der Waals surface area contributed by atoms with Gasteiger partial charge in [0.05, 0.1) is 30.2 Å². The molecule has 7 nitrogen and oxygen atoms in total. The van der Waals surface area contributed by atoms with Gasteiger partial charge in [0.15, 0.2) is 0 Å². The fraction of sp³-hybridized carbons (Fsp3) is 0.524. The van der Waals surface area contributed by atoms with Crippen LogP contribution in [0.4, 0.5) is 10.2 Å². The summed E-state index contributed by atoms with van der Waals surface area (Å²) in [5.74, 6) is 1.01. The van der Waals surface area contributed by atoms with Crippen molar-refractivity contribution in [1.82, 2.24) is 26.1 Å². The van der Waals surface area contributed by atoms with Gasteiger partial charge in [-0.3, -0.25) is 10.4 Å². The summed E-state index contributed by atoms with van der Waals surface area (Å²) in [7, 11) is 0. The maximum absolute atomic E-state index is 14.4. The first-order valence-electron chi connectivity index (χ1n) is 10.5. The van der Waals surface area contributed by atoms with Gasteiger partial charge in [-0.15, -0.1) is 0 Å². The molecule has 3 aliphatic heterocycles. The molecule has 29 heavy (non-hydrogen) atoms. The normalized spacial score (nSPS) is 32.2. The lowest BCUT2D eigenvalue weighted by Crippen LogP contribution is -2.47. The van der Waals surface area contributed by atoms with Gasteiger partial charge in [-0.05, 0) is 31.2 Å². The van der Waals surface area contributed by atoms with E-state index in [1.54, 1.807) is 6.07 Å². The fourth-order valence-corrected chi connectivity index (χ4v) is 4.94. The Morgan fingerprint density at radius 3 is 2.93 bits per heavy atom. The number of fused-ring (bicyclic) bond motifs is 1. The van der Waals surface area contributed by atoms with E-state index in [9.17, 15) is 4.39 Å². The molecular weight excluding hydrogens is 369 g/mol. The van der Waals surface area contributed by atoms with Crippen LogP contribution >= 0.6 is 0 Å². The topological polar surface area (TPSA) is 91.1 Å². The molecule has 5 atom stereocenters. The highest BCUT2D eigenvalue weighted by molar-refractivity contribution is 5.38. The standard InChI is InChI=1S/C21H28FN7/c22-16-6-2-1-5-14(16)21-15-8-17(25-10-18(15)27-28-21)19-9-24-11-20(26-19)29-7-3-4-13(23)12-29/h1-2,5-6,9,11,13,15,17-18,21,25,27-28H,3-4,7-8,10,12,23H2/t13-,15?,17?,18?,21?/m0/s1. The smallest absolute Gasteiger partial charge is 0.147 e. The van der Waals surface area contributed by atoms with Gasteiger partial charge < -0.3 is 16.0 Å². The van der Waals surface area contributed by atoms with Crippen LogP contribution in [-0.4, -0.2) is 41.7 Å². The Morgan fingerprint density at radius 2 is 2.07 bits per heavy atom. The predicted molar refractivity (Wildman–Crippen MR) is 110 cm³/mol. The van der Waals surface area contributed by atoms with Crippen molar-refractivity contribution in [2.24, 2.45) is 11.7 Å². The molecule has 5 rings (SSSR count). The number of halogens is 1. The summed E-state index contributed by atoms with van der Waals surface area (Å²) in [6.45, 7) is 2.59. The number of anilines is 1.